The van der Waals surface area contributed by atoms with Gasteiger partial charge in [-0.2, -0.15) is 0 Å². The van der Waals surface area contributed by atoms with Gasteiger partial charge in [0.15, 0.2) is 0 Å². The molecule has 0 amide bonds. The van der Waals surface area contributed by atoms with E-state index in [1.54, 1.807) is 7.11 Å². The van der Waals surface area contributed by atoms with E-state index in [0.29, 0.717) is 5.92 Å². The molecule has 2 unspecified atom stereocenters. The van der Waals surface area contributed by atoms with E-state index in [0.717, 1.165) is 12.2 Å². The minimum atomic E-state index is -0.217. The fraction of sp³-hybridized carbons (Fsp3) is 0.211. The summed E-state index contributed by atoms with van der Waals surface area (Å²) in [7, 11) is 1.70. The third-order valence-corrected chi connectivity index (χ3v) is 4.65. The van der Waals surface area contributed by atoms with Crippen molar-refractivity contribution in [2.24, 2.45) is 4.99 Å². The van der Waals surface area contributed by atoms with Crippen molar-refractivity contribution in [1.29, 1.82) is 0 Å². The van der Waals surface area contributed by atoms with Crippen molar-refractivity contribution < 1.29 is 4.74 Å². The Balaban J connectivity index is 1.82. The van der Waals surface area contributed by atoms with Crippen LogP contribution in [-0.2, 0) is 12.0 Å². The van der Waals surface area contributed by atoms with Crippen molar-refractivity contribution in [2.45, 2.75) is 17.9 Å². The van der Waals surface area contributed by atoms with Gasteiger partial charge in [0.2, 0.25) is 0 Å². The van der Waals surface area contributed by atoms with Gasteiger partial charge in [-0.3, -0.25) is 4.99 Å². The second kappa shape index (κ2) is 4.59. The molecule has 4 rings (SSSR count). The standard InChI is InChI=1S/C19H17NO/c1-21-16-9-7-14(8-10-16)18-13-15-5-2-3-6-17(15)19(18)11-4-12-20-19/h2-12,18H,13H2,1H3. The Kier molecular flexibility index (Phi) is 2.71. The molecule has 0 fully saturated rings. The summed E-state index contributed by atoms with van der Waals surface area (Å²) in [5.74, 6) is 1.25. The minimum Gasteiger partial charge on any atom is -0.497 e. The van der Waals surface area contributed by atoms with Crippen LogP contribution in [0.15, 0.2) is 65.7 Å². The number of ether oxygens (including phenoxy) is 1. The molecule has 1 aliphatic carbocycles. The van der Waals surface area contributed by atoms with Crippen molar-refractivity contribution in [1.82, 2.24) is 0 Å². The zero-order valence-corrected chi connectivity index (χ0v) is 12.0. The van der Waals surface area contributed by atoms with Crippen molar-refractivity contribution >= 4 is 6.21 Å². The number of hydrogen-bond donors (Lipinski definition) is 0. The maximum atomic E-state index is 5.27. The molecule has 1 aliphatic heterocycles. The molecule has 2 aliphatic rings. The Morgan fingerprint density at radius 3 is 2.62 bits per heavy atom. The maximum Gasteiger partial charge on any atom is 0.118 e. The van der Waals surface area contributed by atoms with Gasteiger partial charge < -0.3 is 4.74 Å². The SMILES string of the molecule is COc1ccc(C2Cc3ccccc3C23C=CC=N3)cc1. The fourth-order valence-corrected chi connectivity index (χ4v) is 3.62. The van der Waals surface area contributed by atoms with Gasteiger partial charge in [0.25, 0.3) is 0 Å². The highest BCUT2D eigenvalue weighted by atomic mass is 16.5. The quantitative estimate of drug-likeness (QED) is 0.815. The summed E-state index contributed by atoms with van der Waals surface area (Å²) < 4.78 is 5.27. The predicted octanol–water partition coefficient (Wildman–Crippen LogP) is 3.87. The van der Waals surface area contributed by atoms with Crippen molar-refractivity contribution in [3.05, 3.63) is 77.4 Å². The Morgan fingerprint density at radius 2 is 1.90 bits per heavy atom. The molecule has 2 aromatic carbocycles. The van der Waals surface area contributed by atoms with Gasteiger partial charge >= 0.3 is 0 Å². The summed E-state index contributed by atoms with van der Waals surface area (Å²) in [6.45, 7) is 0. The highest BCUT2D eigenvalue weighted by molar-refractivity contribution is 5.77. The number of nitrogens with zero attached hydrogens (tertiary/aromatic N) is 1. The topological polar surface area (TPSA) is 21.6 Å². The maximum absolute atomic E-state index is 5.27. The number of aliphatic imine (C=N–C) groups is 1. The zero-order chi connectivity index (χ0) is 14.3. The van der Waals surface area contributed by atoms with Gasteiger partial charge in [0.05, 0.1) is 7.11 Å². The number of methoxy groups -OCH3 is 1. The second-order valence-corrected chi connectivity index (χ2v) is 5.65. The first-order valence-corrected chi connectivity index (χ1v) is 7.29. The number of allylic oxidation sites excluding steroid dienone is 1. The lowest BCUT2D eigenvalue weighted by Crippen LogP contribution is -2.24. The molecule has 0 aromatic heterocycles. The molecule has 0 N–H and O–H groups in total. The van der Waals surface area contributed by atoms with Gasteiger partial charge in [0, 0.05) is 12.1 Å². The number of fused-ring (bicyclic) bond motifs is 2. The summed E-state index contributed by atoms with van der Waals surface area (Å²) >= 11 is 0. The van der Waals surface area contributed by atoms with Crippen LogP contribution in [0.4, 0.5) is 0 Å². The van der Waals surface area contributed by atoms with Gasteiger partial charge in [-0.05, 0) is 41.3 Å². The van der Waals surface area contributed by atoms with E-state index in [1.807, 2.05) is 18.3 Å². The fourth-order valence-electron chi connectivity index (χ4n) is 3.62. The van der Waals surface area contributed by atoms with E-state index in [4.69, 9.17) is 9.73 Å². The Labute approximate surface area is 124 Å². The van der Waals surface area contributed by atoms with Gasteiger partial charge in [0.1, 0.15) is 11.3 Å². The minimum absolute atomic E-state index is 0.217. The molecular formula is C19H17NO. The lowest BCUT2D eigenvalue weighted by molar-refractivity contribution is 0.414. The molecule has 2 nitrogen and oxygen atoms in total. The molecule has 1 spiro atoms. The lowest BCUT2D eigenvalue weighted by Gasteiger charge is -2.28. The van der Waals surface area contributed by atoms with Crippen LogP contribution in [0.5, 0.6) is 5.75 Å². The highest BCUT2D eigenvalue weighted by Crippen LogP contribution is 2.51. The third-order valence-electron chi connectivity index (χ3n) is 4.65. The van der Waals surface area contributed by atoms with Crippen LogP contribution in [0.1, 0.15) is 22.6 Å². The average Bonchev–Trinajstić information content (AvgIpc) is 3.15. The first kappa shape index (κ1) is 12.4. The number of benzene rings is 2. The molecule has 104 valence electrons. The van der Waals surface area contributed by atoms with E-state index >= 15 is 0 Å². The molecule has 21 heavy (non-hydrogen) atoms. The Morgan fingerprint density at radius 1 is 1.10 bits per heavy atom. The van der Waals surface area contributed by atoms with Gasteiger partial charge in [-0.25, -0.2) is 0 Å². The van der Waals surface area contributed by atoms with Crippen LogP contribution in [0.2, 0.25) is 0 Å². The van der Waals surface area contributed by atoms with Crippen LogP contribution in [0, 0.1) is 0 Å². The first-order chi connectivity index (χ1) is 10.3. The van der Waals surface area contributed by atoms with E-state index < -0.39 is 0 Å². The molecule has 0 radical (unpaired) electrons. The van der Waals surface area contributed by atoms with E-state index in [1.165, 1.54) is 16.7 Å². The summed E-state index contributed by atoms with van der Waals surface area (Å²) in [5, 5.41) is 0. The number of rotatable bonds is 2. The summed E-state index contributed by atoms with van der Waals surface area (Å²) in [6.07, 6.45) is 7.27. The van der Waals surface area contributed by atoms with Crippen LogP contribution in [-0.4, -0.2) is 13.3 Å². The lowest BCUT2D eigenvalue weighted by atomic mass is 9.80. The Hall–Kier alpha value is -2.35. The molecule has 0 saturated heterocycles. The molecule has 1 heterocycles. The van der Waals surface area contributed by atoms with Crippen molar-refractivity contribution in [3.63, 3.8) is 0 Å². The molecule has 2 aromatic rings. The van der Waals surface area contributed by atoms with Crippen LogP contribution in [0.25, 0.3) is 0 Å². The van der Waals surface area contributed by atoms with Crippen LogP contribution in [0.3, 0.4) is 0 Å². The zero-order valence-electron chi connectivity index (χ0n) is 12.0. The first-order valence-electron chi connectivity index (χ1n) is 7.29. The molecular weight excluding hydrogens is 258 g/mol. The third kappa shape index (κ3) is 1.75. The van der Waals surface area contributed by atoms with E-state index in [-0.39, 0.29) is 5.54 Å². The largest absolute Gasteiger partial charge is 0.497 e. The van der Waals surface area contributed by atoms with E-state index in [9.17, 15) is 0 Å². The normalized spacial score (nSPS) is 25.5. The smallest absolute Gasteiger partial charge is 0.118 e. The summed E-state index contributed by atoms with van der Waals surface area (Å²) in [4.78, 5) is 4.84. The molecule has 0 saturated carbocycles. The predicted molar refractivity (Wildman–Crippen MR) is 85.2 cm³/mol. The summed E-state index contributed by atoms with van der Waals surface area (Å²) in [6, 6.07) is 17.1. The van der Waals surface area contributed by atoms with Crippen LogP contribution >= 0.6 is 0 Å². The number of hydrogen-bond acceptors (Lipinski definition) is 2. The van der Waals surface area contributed by atoms with Crippen LogP contribution < -0.4 is 4.74 Å². The molecule has 2 atom stereocenters. The Bertz CT molecular complexity index is 715. The van der Waals surface area contributed by atoms with Gasteiger partial charge in [-0.15, -0.1) is 0 Å². The van der Waals surface area contributed by atoms with Gasteiger partial charge in [-0.1, -0.05) is 42.5 Å². The summed E-state index contributed by atoms with van der Waals surface area (Å²) in [5.41, 5.74) is 3.85. The second-order valence-electron chi connectivity index (χ2n) is 5.65. The average molecular weight is 275 g/mol. The highest BCUT2D eigenvalue weighted by Gasteiger charge is 2.46. The molecule has 2 heteroatoms. The van der Waals surface area contributed by atoms with E-state index in [2.05, 4.69) is 48.6 Å². The van der Waals surface area contributed by atoms with Crippen molar-refractivity contribution in [2.75, 3.05) is 7.11 Å². The van der Waals surface area contributed by atoms with Crippen molar-refractivity contribution in [3.8, 4) is 5.75 Å². The monoisotopic (exact) mass is 275 g/mol. The molecule has 0 bridgehead atoms.